The number of benzene rings is 2. The van der Waals surface area contributed by atoms with Crippen molar-refractivity contribution in [1.82, 2.24) is 10.3 Å². The number of carbonyl (C=O) groups is 1. The van der Waals surface area contributed by atoms with Crippen molar-refractivity contribution in [3.8, 4) is 17.0 Å². The van der Waals surface area contributed by atoms with Gasteiger partial charge in [0.05, 0.1) is 16.9 Å². The van der Waals surface area contributed by atoms with E-state index in [1.165, 1.54) is 0 Å². The second kappa shape index (κ2) is 6.15. The number of carbonyl (C=O) groups excluding carboxylic acids is 1. The number of phenols is 1. The standard InChI is InChI=1S/C17H14N4O2/c18-17(19-10-22)21-16-9-14(11-4-2-1-3-5-11)20-15-8-12(23)6-7-13(15)16/h1-10,23H,(H3,18,19,20,21,22). The molecular weight excluding hydrogens is 292 g/mol. The fourth-order valence-electron chi connectivity index (χ4n) is 2.31. The van der Waals surface area contributed by atoms with Crippen LogP contribution in [0.2, 0.25) is 0 Å². The van der Waals surface area contributed by atoms with Crippen molar-refractivity contribution in [2.24, 2.45) is 0 Å². The highest BCUT2D eigenvalue weighted by Gasteiger charge is 2.09. The lowest BCUT2D eigenvalue weighted by Gasteiger charge is -2.12. The van der Waals surface area contributed by atoms with Crippen molar-refractivity contribution in [3.63, 3.8) is 0 Å². The number of nitrogens with one attached hydrogen (secondary N) is 3. The summed E-state index contributed by atoms with van der Waals surface area (Å²) >= 11 is 0. The van der Waals surface area contributed by atoms with Gasteiger partial charge in [-0.05, 0) is 18.2 Å². The summed E-state index contributed by atoms with van der Waals surface area (Å²) in [5, 5.41) is 23.2. The van der Waals surface area contributed by atoms with Gasteiger partial charge in [0.1, 0.15) is 5.75 Å². The molecule has 0 saturated carbocycles. The number of pyridine rings is 1. The van der Waals surface area contributed by atoms with Crippen LogP contribution in [0.5, 0.6) is 5.75 Å². The highest BCUT2D eigenvalue weighted by atomic mass is 16.3. The first-order valence-electron chi connectivity index (χ1n) is 6.92. The maximum Gasteiger partial charge on any atom is 0.213 e. The Balaban J connectivity index is 2.15. The molecule has 0 aliphatic heterocycles. The Morgan fingerprint density at radius 1 is 1.13 bits per heavy atom. The second-order valence-electron chi connectivity index (χ2n) is 4.88. The molecule has 1 amide bonds. The monoisotopic (exact) mass is 306 g/mol. The number of anilines is 1. The highest BCUT2D eigenvalue weighted by molar-refractivity contribution is 6.04. The van der Waals surface area contributed by atoms with Crippen LogP contribution in [0.1, 0.15) is 0 Å². The van der Waals surface area contributed by atoms with Gasteiger partial charge in [-0.25, -0.2) is 4.98 Å². The molecule has 1 aromatic heterocycles. The minimum atomic E-state index is -0.139. The van der Waals surface area contributed by atoms with Gasteiger partial charge in [-0.15, -0.1) is 0 Å². The van der Waals surface area contributed by atoms with Gasteiger partial charge in [0, 0.05) is 17.0 Å². The summed E-state index contributed by atoms with van der Waals surface area (Å²) in [6.07, 6.45) is 0.433. The Bertz CT molecular complexity index is 878. The summed E-state index contributed by atoms with van der Waals surface area (Å²) in [6.45, 7) is 0. The highest BCUT2D eigenvalue weighted by Crippen LogP contribution is 2.30. The van der Waals surface area contributed by atoms with Crippen molar-refractivity contribution in [1.29, 1.82) is 5.41 Å². The average Bonchev–Trinajstić information content (AvgIpc) is 2.55. The molecule has 6 nitrogen and oxygen atoms in total. The van der Waals surface area contributed by atoms with Gasteiger partial charge in [-0.3, -0.25) is 15.5 Å². The van der Waals surface area contributed by atoms with Crippen LogP contribution in [0.15, 0.2) is 54.6 Å². The van der Waals surface area contributed by atoms with E-state index in [2.05, 4.69) is 15.6 Å². The number of amides is 1. The van der Waals surface area contributed by atoms with Crippen molar-refractivity contribution in [2.45, 2.75) is 0 Å². The lowest BCUT2D eigenvalue weighted by molar-refractivity contribution is -0.108. The first kappa shape index (κ1) is 14.5. The number of aromatic hydroxyl groups is 1. The maximum absolute atomic E-state index is 10.5. The molecule has 0 bridgehead atoms. The van der Waals surface area contributed by atoms with Crippen LogP contribution in [0.4, 0.5) is 5.69 Å². The van der Waals surface area contributed by atoms with E-state index in [0.717, 1.165) is 10.9 Å². The molecule has 2 aromatic carbocycles. The molecule has 3 aromatic rings. The number of nitrogens with zero attached hydrogens (tertiary/aromatic N) is 1. The molecule has 4 N–H and O–H groups in total. The number of aromatic nitrogens is 1. The number of rotatable bonds is 3. The first-order valence-corrected chi connectivity index (χ1v) is 6.92. The lowest BCUT2D eigenvalue weighted by Crippen LogP contribution is -2.28. The van der Waals surface area contributed by atoms with E-state index < -0.39 is 0 Å². The van der Waals surface area contributed by atoms with Crippen LogP contribution in [-0.4, -0.2) is 22.5 Å². The van der Waals surface area contributed by atoms with Crippen molar-refractivity contribution < 1.29 is 9.90 Å². The summed E-state index contributed by atoms with van der Waals surface area (Å²) in [4.78, 5) is 15.0. The number of guanidine groups is 1. The maximum atomic E-state index is 10.5. The predicted octanol–water partition coefficient (Wildman–Crippen LogP) is 2.70. The van der Waals surface area contributed by atoms with Crippen molar-refractivity contribution in [2.75, 3.05) is 5.32 Å². The number of phenolic OH excluding ortho intramolecular Hbond substituents is 1. The van der Waals surface area contributed by atoms with E-state index in [1.807, 2.05) is 30.3 Å². The molecule has 0 aliphatic carbocycles. The molecule has 0 aliphatic rings. The fraction of sp³-hybridized carbons (Fsp3) is 0. The summed E-state index contributed by atoms with van der Waals surface area (Å²) in [7, 11) is 0. The molecule has 6 heteroatoms. The molecule has 23 heavy (non-hydrogen) atoms. The van der Waals surface area contributed by atoms with E-state index >= 15 is 0 Å². The Hall–Kier alpha value is -3.41. The SMILES string of the molecule is N=C(NC=O)Nc1cc(-c2ccccc2)nc2cc(O)ccc12. The van der Waals surface area contributed by atoms with Crippen molar-refractivity contribution >= 4 is 29.0 Å². The molecule has 0 spiro atoms. The van der Waals surface area contributed by atoms with Gasteiger partial charge in [0.15, 0.2) is 5.96 Å². The van der Waals surface area contributed by atoms with E-state index in [1.54, 1.807) is 24.3 Å². The van der Waals surface area contributed by atoms with E-state index in [9.17, 15) is 9.90 Å². The number of fused-ring (bicyclic) bond motifs is 1. The molecule has 0 fully saturated rings. The van der Waals surface area contributed by atoms with Gasteiger partial charge in [-0.1, -0.05) is 30.3 Å². The minimum absolute atomic E-state index is 0.113. The van der Waals surface area contributed by atoms with Gasteiger partial charge in [-0.2, -0.15) is 0 Å². The molecular formula is C17H14N4O2. The van der Waals surface area contributed by atoms with Crippen LogP contribution in [-0.2, 0) is 4.79 Å². The fourth-order valence-corrected chi connectivity index (χ4v) is 2.31. The molecule has 0 radical (unpaired) electrons. The van der Waals surface area contributed by atoms with Crippen LogP contribution >= 0.6 is 0 Å². The normalized spacial score (nSPS) is 10.3. The molecule has 0 atom stereocenters. The molecule has 1 heterocycles. The second-order valence-corrected chi connectivity index (χ2v) is 4.88. The van der Waals surface area contributed by atoms with E-state index in [4.69, 9.17) is 5.41 Å². The third-order valence-electron chi connectivity index (χ3n) is 3.33. The van der Waals surface area contributed by atoms with E-state index in [0.29, 0.717) is 23.3 Å². The Kier molecular flexibility index (Phi) is 3.88. The molecule has 114 valence electrons. The van der Waals surface area contributed by atoms with Crippen LogP contribution < -0.4 is 10.6 Å². The zero-order chi connectivity index (χ0) is 16.2. The Labute approximate surface area is 132 Å². The molecule has 0 unspecified atom stereocenters. The summed E-state index contributed by atoms with van der Waals surface area (Å²) < 4.78 is 0. The third kappa shape index (κ3) is 3.11. The summed E-state index contributed by atoms with van der Waals surface area (Å²) in [5.74, 6) is -0.0261. The van der Waals surface area contributed by atoms with Crippen LogP contribution in [0.3, 0.4) is 0 Å². The Morgan fingerprint density at radius 3 is 2.65 bits per heavy atom. The van der Waals surface area contributed by atoms with Crippen LogP contribution in [0, 0.1) is 5.41 Å². The average molecular weight is 306 g/mol. The number of hydrogen-bond acceptors (Lipinski definition) is 4. The smallest absolute Gasteiger partial charge is 0.213 e. The molecule has 0 saturated heterocycles. The number of hydrogen-bond donors (Lipinski definition) is 4. The van der Waals surface area contributed by atoms with Crippen molar-refractivity contribution in [3.05, 3.63) is 54.6 Å². The predicted molar refractivity (Wildman–Crippen MR) is 89.4 cm³/mol. The zero-order valence-electron chi connectivity index (χ0n) is 12.1. The first-order chi connectivity index (χ1) is 11.2. The largest absolute Gasteiger partial charge is 0.508 e. The zero-order valence-corrected chi connectivity index (χ0v) is 12.1. The Morgan fingerprint density at radius 2 is 1.91 bits per heavy atom. The van der Waals surface area contributed by atoms with Gasteiger partial charge >= 0.3 is 0 Å². The van der Waals surface area contributed by atoms with Crippen LogP contribution in [0.25, 0.3) is 22.2 Å². The lowest BCUT2D eigenvalue weighted by atomic mass is 10.1. The quantitative estimate of drug-likeness (QED) is 0.340. The topological polar surface area (TPSA) is 98.1 Å². The van der Waals surface area contributed by atoms with Gasteiger partial charge in [0.2, 0.25) is 6.41 Å². The summed E-state index contributed by atoms with van der Waals surface area (Å²) in [6, 6.07) is 16.2. The van der Waals surface area contributed by atoms with Gasteiger partial charge < -0.3 is 10.4 Å². The summed E-state index contributed by atoms with van der Waals surface area (Å²) in [5.41, 5.74) is 2.82. The molecule has 3 rings (SSSR count). The third-order valence-corrected chi connectivity index (χ3v) is 3.33. The van der Waals surface area contributed by atoms with Gasteiger partial charge in [0.25, 0.3) is 0 Å². The minimum Gasteiger partial charge on any atom is -0.508 e. The van der Waals surface area contributed by atoms with E-state index in [-0.39, 0.29) is 11.7 Å².